The van der Waals surface area contributed by atoms with Crippen LogP contribution < -0.4 is 10.1 Å². The maximum atomic E-state index is 12.5. The lowest BCUT2D eigenvalue weighted by molar-refractivity contribution is -0.147. The zero-order valence-electron chi connectivity index (χ0n) is 18.2. The Kier molecular flexibility index (Phi) is 9.49. The van der Waals surface area contributed by atoms with Crippen LogP contribution >= 0.6 is 0 Å². The van der Waals surface area contributed by atoms with Gasteiger partial charge in [0.05, 0.1) is 25.8 Å². The molecule has 0 saturated carbocycles. The minimum absolute atomic E-state index is 0.00398. The molecule has 1 saturated heterocycles. The SMILES string of the molecule is CC#CCOc1ccc(C(=O)CNCC(C(=O)OC)C2CCN(S(C)(=O)=O)CC2)cc1. The van der Waals surface area contributed by atoms with Crippen LogP contribution in [0.1, 0.15) is 30.1 Å². The molecule has 1 N–H and O–H groups in total. The number of esters is 1. The smallest absolute Gasteiger partial charge is 0.310 e. The van der Waals surface area contributed by atoms with Crippen molar-refractivity contribution in [3.8, 4) is 17.6 Å². The lowest BCUT2D eigenvalue weighted by atomic mass is 9.84. The summed E-state index contributed by atoms with van der Waals surface area (Å²) in [5.41, 5.74) is 0.539. The van der Waals surface area contributed by atoms with Crippen LogP contribution in [0.15, 0.2) is 24.3 Å². The number of piperidine rings is 1. The third-order valence-corrected chi connectivity index (χ3v) is 6.66. The van der Waals surface area contributed by atoms with E-state index in [1.165, 1.54) is 17.7 Å². The summed E-state index contributed by atoms with van der Waals surface area (Å²) in [6.07, 6.45) is 2.34. The quantitative estimate of drug-likeness (QED) is 0.326. The van der Waals surface area contributed by atoms with E-state index in [2.05, 4.69) is 17.2 Å². The average Bonchev–Trinajstić information content (AvgIpc) is 2.76. The average molecular weight is 451 g/mol. The molecule has 31 heavy (non-hydrogen) atoms. The number of hydrogen-bond acceptors (Lipinski definition) is 7. The molecule has 1 aromatic carbocycles. The molecule has 0 amide bonds. The fourth-order valence-corrected chi connectivity index (χ4v) is 4.45. The minimum atomic E-state index is -3.23. The molecule has 0 bridgehead atoms. The number of nitrogens with one attached hydrogen (secondary N) is 1. The van der Waals surface area contributed by atoms with E-state index in [1.54, 1.807) is 31.2 Å². The Labute approximate surface area is 184 Å². The van der Waals surface area contributed by atoms with Gasteiger partial charge in [-0.2, -0.15) is 0 Å². The summed E-state index contributed by atoms with van der Waals surface area (Å²) in [5, 5.41) is 3.06. The van der Waals surface area contributed by atoms with Crippen molar-refractivity contribution >= 4 is 21.8 Å². The Morgan fingerprint density at radius 3 is 2.42 bits per heavy atom. The topological polar surface area (TPSA) is 102 Å². The number of carbonyl (C=O) groups is 2. The highest BCUT2D eigenvalue weighted by atomic mass is 32.2. The number of benzene rings is 1. The minimum Gasteiger partial charge on any atom is -0.481 e. The molecule has 1 aromatic rings. The molecule has 1 atom stereocenters. The van der Waals surface area contributed by atoms with Crippen LogP contribution in [0, 0.1) is 23.7 Å². The van der Waals surface area contributed by atoms with E-state index in [1.807, 2.05) is 0 Å². The molecule has 0 aromatic heterocycles. The fraction of sp³-hybridized carbons (Fsp3) is 0.545. The van der Waals surface area contributed by atoms with Crippen molar-refractivity contribution in [1.82, 2.24) is 9.62 Å². The summed E-state index contributed by atoms with van der Waals surface area (Å²) < 4.78 is 35.2. The summed E-state index contributed by atoms with van der Waals surface area (Å²) in [4.78, 5) is 24.7. The molecule has 9 heteroatoms. The van der Waals surface area contributed by atoms with E-state index in [4.69, 9.17) is 9.47 Å². The molecule has 0 aliphatic carbocycles. The van der Waals surface area contributed by atoms with Gasteiger partial charge in [0.15, 0.2) is 5.78 Å². The van der Waals surface area contributed by atoms with Crippen LogP contribution in [0.25, 0.3) is 0 Å². The zero-order valence-corrected chi connectivity index (χ0v) is 19.0. The fourth-order valence-electron chi connectivity index (χ4n) is 3.58. The third kappa shape index (κ3) is 7.65. The highest BCUT2D eigenvalue weighted by molar-refractivity contribution is 7.88. The molecule has 8 nitrogen and oxygen atoms in total. The Morgan fingerprint density at radius 1 is 1.23 bits per heavy atom. The second-order valence-electron chi connectivity index (χ2n) is 7.42. The van der Waals surface area contributed by atoms with Crippen molar-refractivity contribution in [2.45, 2.75) is 19.8 Å². The van der Waals surface area contributed by atoms with Crippen LogP contribution in [0.2, 0.25) is 0 Å². The summed E-state index contributed by atoms with van der Waals surface area (Å²) in [6, 6.07) is 6.82. The molecular weight excluding hydrogens is 420 g/mol. The number of rotatable bonds is 10. The maximum Gasteiger partial charge on any atom is 0.310 e. The van der Waals surface area contributed by atoms with Gasteiger partial charge in [0.25, 0.3) is 0 Å². The number of ether oxygens (including phenoxy) is 2. The van der Waals surface area contributed by atoms with Crippen molar-refractivity contribution in [1.29, 1.82) is 0 Å². The largest absolute Gasteiger partial charge is 0.481 e. The molecule has 1 aliphatic heterocycles. The Hall–Kier alpha value is -2.41. The number of ketones is 1. The zero-order chi connectivity index (χ0) is 22.9. The van der Waals surface area contributed by atoms with Gasteiger partial charge in [-0.1, -0.05) is 5.92 Å². The van der Waals surface area contributed by atoms with Crippen LogP contribution in [0.4, 0.5) is 0 Å². The number of carbonyl (C=O) groups excluding carboxylic acids is 2. The van der Waals surface area contributed by atoms with E-state index in [-0.39, 0.29) is 24.2 Å². The molecule has 1 unspecified atom stereocenters. The Balaban J connectivity index is 1.87. The van der Waals surface area contributed by atoms with Gasteiger partial charge in [-0.3, -0.25) is 9.59 Å². The first-order valence-corrected chi connectivity index (χ1v) is 12.0. The molecule has 2 rings (SSSR count). The van der Waals surface area contributed by atoms with Crippen LogP contribution in [0.5, 0.6) is 5.75 Å². The summed E-state index contributed by atoms with van der Waals surface area (Å²) in [5.74, 6) is 5.29. The van der Waals surface area contributed by atoms with Crippen LogP contribution in [-0.2, 0) is 19.6 Å². The standard InChI is InChI=1S/C22H30N2O6S/c1-4-5-14-30-19-8-6-18(7-9-19)21(25)16-23-15-20(22(26)29-2)17-10-12-24(13-11-17)31(3,27)28/h6-9,17,20,23H,10-16H2,1-3H3. The van der Waals surface area contributed by atoms with Crippen molar-refractivity contribution < 1.29 is 27.5 Å². The first kappa shape index (κ1) is 24.9. The maximum absolute atomic E-state index is 12.5. The van der Waals surface area contributed by atoms with Gasteiger partial charge < -0.3 is 14.8 Å². The molecule has 1 heterocycles. The highest BCUT2D eigenvalue weighted by Gasteiger charge is 2.34. The van der Waals surface area contributed by atoms with Gasteiger partial charge in [0.1, 0.15) is 12.4 Å². The summed E-state index contributed by atoms with van der Waals surface area (Å²) >= 11 is 0. The van der Waals surface area contributed by atoms with E-state index in [0.717, 1.165) is 0 Å². The highest BCUT2D eigenvalue weighted by Crippen LogP contribution is 2.27. The van der Waals surface area contributed by atoms with E-state index >= 15 is 0 Å². The van der Waals surface area contributed by atoms with Crippen molar-refractivity contribution in [2.24, 2.45) is 11.8 Å². The predicted octanol–water partition coefficient (Wildman–Crippen LogP) is 1.32. The molecule has 0 radical (unpaired) electrons. The van der Waals surface area contributed by atoms with Crippen LogP contribution in [-0.4, -0.2) is 70.6 Å². The lowest BCUT2D eigenvalue weighted by Crippen LogP contribution is -2.44. The van der Waals surface area contributed by atoms with Gasteiger partial charge in [0.2, 0.25) is 10.0 Å². The molecular formula is C22H30N2O6S. The number of Topliss-reactive ketones (excluding diaryl/α,β-unsaturated/α-hetero) is 1. The van der Waals surface area contributed by atoms with Crippen molar-refractivity contribution in [2.75, 3.05) is 46.2 Å². The number of nitrogens with zero attached hydrogens (tertiary/aromatic N) is 1. The summed E-state index contributed by atoms with van der Waals surface area (Å²) in [6.45, 7) is 3.17. The lowest BCUT2D eigenvalue weighted by Gasteiger charge is -2.33. The van der Waals surface area contributed by atoms with Gasteiger partial charge in [-0.15, -0.1) is 5.92 Å². The molecule has 170 valence electrons. The number of hydrogen-bond donors (Lipinski definition) is 1. The van der Waals surface area contributed by atoms with E-state index in [9.17, 15) is 18.0 Å². The monoisotopic (exact) mass is 450 g/mol. The first-order chi connectivity index (χ1) is 14.8. The summed E-state index contributed by atoms with van der Waals surface area (Å²) in [7, 11) is -1.89. The normalized spacial score (nSPS) is 16.1. The molecule has 0 spiro atoms. The van der Waals surface area contributed by atoms with E-state index < -0.39 is 15.9 Å². The second kappa shape index (κ2) is 11.8. The Morgan fingerprint density at radius 2 is 1.87 bits per heavy atom. The van der Waals surface area contributed by atoms with Gasteiger partial charge >= 0.3 is 5.97 Å². The van der Waals surface area contributed by atoms with Crippen molar-refractivity contribution in [3.63, 3.8) is 0 Å². The van der Waals surface area contributed by atoms with Gasteiger partial charge in [0, 0.05) is 25.2 Å². The Bertz CT molecular complexity index is 910. The van der Waals surface area contributed by atoms with Gasteiger partial charge in [-0.25, -0.2) is 12.7 Å². The van der Waals surface area contributed by atoms with Crippen molar-refractivity contribution in [3.05, 3.63) is 29.8 Å². The molecule has 1 aliphatic rings. The second-order valence-corrected chi connectivity index (χ2v) is 9.41. The third-order valence-electron chi connectivity index (χ3n) is 5.35. The molecule has 1 fully saturated rings. The van der Waals surface area contributed by atoms with E-state index in [0.29, 0.717) is 50.4 Å². The predicted molar refractivity (Wildman–Crippen MR) is 117 cm³/mol. The first-order valence-electron chi connectivity index (χ1n) is 10.2. The number of methoxy groups -OCH3 is 1. The number of sulfonamides is 1. The van der Waals surface area contributed by atoms with Gasteiger partial charge in [-0.05, 0) is 49.9 Å². The van der Waals surface area contributed by atoms with Crippen LogP contribution in [0.3, 0.4) is 0 Å².